The molecule has 1 aliphatic rings. The molecule has 6 nitrogen and oxygen atoms in total. The van der Waals surface area contributed by atoms with Crippen LogP contribution in [0.5, 0.6) is 0 Å². The molecule has 0 aromatic heterocycles. The first-order valence-corrected chi connectivity index (χ1v) is 5.04. The lowest BCUT2D eigenvalue weighted by Crippen LogP contribution is -2.52. The van der Waals surface area contributed by atoms with Crippen molar-refractivity contribution >= 4 is 12.0 Å². The molecule has 0 radical (unpaired) electrons. The average molecular weight is 215 g/mol. The van der Waals surface area contributed by atoms with Gasteiger partial charge in [-0.2, -0.15) is 0 Å². The van der Waals surface area contributed by atoms with Crippen LogP contribution in [-0.2, 0) is 4.79 Å². The minimum atomic E-state index is -1.34. The molecule has 15 heavy (non-hydrogen) atoms. The molecule has 86 valence electrons. The van der Waals surface area contributed by atoms with Crippen molar-refractivity contribution in [2.75, 3.05) is 0 Å². The van der Waals surface area contributed by atoms with Crippen molar-refractivity contribution in [3.8, 4) is 0 Å². The van der Waals surface area contributed by atoms with Crippen LogP contribution in [-0.4, -0.2) is 29.3 Å². The molecule has 1 saturated carbocycles. The molecule has 0 bridgehead atoms. The Kier molecular flexibility index (Phi) is 3.90. The molecule has 2 amide bonds. The van der Waals surface area contributed by atoms with Gasteiger partial charge in [-0.1, -0.05) is 6.92 Å². The number of rotatable bonds is 3. The Balaban J connectivity index is 2.27. The van der Waals surface area contributed by atoms with Gasteiger partial charge in [0.1, 0.15) is 0 Å². The van der Waals surface area contributed by atoms with E-state index in [-0.39, 0.29) is 6.04 Å². The molecule has 0 aromatic carbocycles. The Morgan fingerprint density at radius 3 is 2.60 bits per heavy atom. The number of nitrogens with one attached hydrogen (secondary N) is 2. The third kappa shape index (κ3) is 3.75. The highest BCUT2D eigenvalue weighted by atomic mass is 16.4. The zero-order valence-corrected chi connectivity index (χ0v) is 8.69. The topological polar surface area (TPSA) is 104 Å². The number of carboxylic acid groups (broad SMARTS) is 1. The fourth-order valence-corrected chi connectivity index (χ4v) is 1.77. The number of hydrogen-bond acceptors (Lipinski definition) is 3. The lowest BCUT2D eigenvalue weighted by Gasteiger charge is -2.15. The number of carbonyl (C=O) groups excluding carboxylic acids is 1. The summed E-state index contributed by atoms with van der Waals surface area (Å²) in [5.41, 5.74) is 5.15. The van der Waals surface area contributed by atoms with Gasteiger partial charge >= 0.3 is 12.0 Å². The minimum absolute atomic E-state index is 0.140. The number of carboxylic acids is 1. The van der Waals surface area contributed by atoms with Crippen molar-refractivity contribution in [1.82, 2.24) is 10.6 Å². The number of hydrogen-bond donors (Lipinski definition) is 4. The van der Waals surface area contributed by atoms with Crippen molar-refractivity contribution in [1.29, 1.82) is 0 Å². The Hall–Kier alpha value is -1.30. The normalized spacial score (nSPS) is 27.1. The van der Waals surface area contributed by atoms with Crippen molar-refractivity contribution in [3.05, 3.63) is 0 Å². The van der Waals surface area contributed by atoms with E-state index in [4.69, 9.17) is 10.8 Å². The smallest absolute Gasteiger partial charge is 0.341 e. The maximum Gasteiger partial charge on any atom is 0.341 e. The van der Waals surface area contributed by atoms with Crippen molar-refractivity contribution in [2.24, 2.45) is 11.7 Å². The third-order valence-electron chi connectivity index (χ3n) is 2.58. The van der Waals surface area contributed by atoms with Gasteiger partial charge in [-0.3, -0.25) is 0 Å². The van der Waals surface area contributed by atoms with Gasteiger partial charge in [-0.05, 0) is 25.2 Å². The van der Waals surface area contributed by atoms with Crippen LogP contribution in [0, 0.1) is 5.92 Å². The summed E-state index contributed by atoms with van der Waals surface area (Å²) in [7, 11) is 0. The maximum atomic E-state index is 11.3. The molecule has 3 atom stereocenters. The van der Waals surface area contributed by atoms with Crippen molar-refractivity contribution < 1.29 is 14.7 Å². The van der Waals surface area contributed by atoms with E-state index in [1.165, 1.54) is 0 Å². The molecule has 0 aliphatic heterocycles. The van der Waals surface area contributed by atoms with Crippen LogP contribution in [0.2, 0.25) is 0 Å². The highest BCUT2D eigenvalue weighted by Crippen LogP contribution is 2.24. The third-order valence-corrected chi connectivity index (χ3v) is 2.58. The maximum absolute atomic E-state index is 11.3. The second-order valence-electron chi connectivity index (χ2n) is 4.05. The van der Waals surface area contributed by atoms with Crippen LogP contribution >= 0.6 is 0 Å². The van der Waals surface area contributed by atoms with E-state index in [2.05, 4.69) is 17.6 Å². The minimum Gasteiger partial charge on any atom is -0.479 e. The fraction of sp³-hybridized carbons (Fsp3) is 0.778. The first-order valence-electron chi connectivity index (χ1n) is 5.04. The van der Waals surface area contributed by atoms with Gasteiger partial charge < -0.3 is 21.5 Å². The molecule has 0 spiro atoms. The number of nitrogens with two attached hydrogens (primary N) is 1. The predicted octanol–water partition coefficient (Wildman–Crippen LogP) is -0.156. The molecule has 1 fully saturated rings. The predicted molar refractivity (Wildman–Crippen MR) is 54.1 cm³/mol. The van der Waals surface area contributed by atoms with E-state index in [1.54, 1.807) is 0 Å². The van der Waals surface area contributed by atoms with Crippen LogP contribution in [0.1, 0.15) is 26.2 Å². The highest BCUT2D eigenvalue weighted by Gasteiger charge is 2.23. The van der Waals surface area contributed by atoms with Gasteiger partial charge in [0.25, 0.3) is 0 Å². The number of aliphatic carboxylic acids is 1. The van der Waals surface area contributed by atoms with Gasteiger partial charge in [0.05, 0.1) is 0 Å². The van der Waals surface area contributed by atoms with Crippen molar-refractivity contribution in [3.63, 3.8) is 0 Å². The monoisotopic (exact) mass is 215 g/mol. The van der Waals surface area contributed by atoms with Crippen LogP contribution in [0.15, 0.2) is 0 Å². The molecule has 1 aliphatic carbocycles. The van der Waals surface area contributed by atoms with Gasteiger partial charge in [-0.25, -0.2) is 9.59 Å². The average Bonchev–Trinajstić information content (AvgIpc) is 2.50. The molecule has 0 saturated heterocycles. The Bertz CT molecular complexity index is 257. The first-order chi connectivity index (χ1) is 6.99. The van der Waals surface area contributed by atoms with E-state index in [0.29, 0.717) is 5.92 Å². The van der Waals surface area contributed by atoms with E-state index in [1.807, 2.05) is 0 Å². The van der Waals surface area contributed by atoms with E-state index in [0.717, 1.165) is 19.3 Å². The number of amides is 2. The molecular weight excluding hydrogens is 198 g/mol. The fourth-order valence-electron chi connectivity index (χ4n) is 1.77. The summed E-state index contributed by atoms with van der Waals surface area (Å²) in [6, 6.07) is -0.370. The summed E-state index contributed by atoms with van der Waals surface area (Å²) in [6.45, 7) is 2.13. The Morgan fingerprint density at radius 2 is 2.13 bits per heavy atom. The van der Waals surface area contributed by atoms with E-state index >= 15 is 0 Å². The van der Waals surface area contributed by atoms with Crippen LogP contribution < -0.4 is 16.4 Å². The van der Waals surface area contributed by atoms with Crippen LogP contribution in [0.4, 0.5) is 4.79 Å². The zero-order valence-electron chi connectivity index (χ0n) is 8.69. The second kappa shape index (κ2) is 4.97. The second-order valence-corrected chi connectivity index (χ2v) is 4.05. The van der Waals surface area contributed by atoms with Gasteiger partial charge in [-0.15, -0.1) is 0 Å². The van der Waals surface area contributed by atoms with E-state index in [9.17, 15) is 9.59 Å². The lowest BCUT2D eigenvalue weighted by molar-refractivity contribution is -0.139. The number of urea groups is 1. The molecular formula is C9H17N3O3. The molecule has 3 unspecified atom stereocenters. The SMILES string of the molecule is CC1CCC(NC(=O)NC(N)C(=O)O)C1. The molecule has 6 heteroatoms. The first kappa shape index (κ1) is 11.8. The lowest BCUT2D eigenvalue weighted by atomic mass is 10.1. The van der Waals surface area contributed by atoms with Crippen LogP contribution in [0.3, 0.4) is 0 Å². The van der Waals surface area contributed by atoms with Gasteiger partial charge in [0, 0.05) is 6.04 Å². The highest BCUT2D eigenvalue weighted by molar-refractivity contribution is 5.82. The summed E-state index contributed by atoms with van der Waals surface area (Å²) >= 11 is 0. The molecule has 0 aromatic rings. The quantitative estimate of drug-likeness (QED) is 0.491. The molecule has 1 rings (SSSR count). The number of carbonyl (C=O) groups is 2. The van der Waals surface area contributed by atoms with E-state index < -0.39 is 18.2 Å². The summed E-state index contributed by atoms with van der Waals surface area (Å²) in [4.78, 5) is 21.6. The Labute approximate surface area is 88.2 Å². The summed E-state index contributed by atoms with van der Waals surface area (Å²) in [5, 5.41) is 13.3. The standard InChI is InChI=1S/C9H17N3O3/c1-5-2-3-6(4-5)11-9(15)12-7(10)8(13)14/h5-7H,2-4,10H2,1H3,(H,13,14)(H2,11,12,15). The van der Waals surface area contributed by atoms with Crippen molar-refractivity contribution in [2.45, 2.75) is 38.4 Å². The zero-order chi connectivity index (χ0) is 11.4. The van der Waals surface area contributed by atoms with Crippen LogP contribution in [0.25, 0.3) is 0 Å². The molecule has 5 N–H and O–H groups in total. The largest absolute Gasteiger partial charge is 0.479 e. The van der Waals surface area contributed by atoms with Gasteiger partial charge in [0.2, 0.25) is 0 Å². The Morgan fingerprint density at radius 1 is 1.47 bits per heavy atom. The summed E-state index contributed by atoms with van der Waals surface area (Å²) in [6.07, 6.45) is 1.63. The summed E-state index contributed by atoms with van der Waals surface area (Å²) in [5.74, 6) is -0.631. The summed E-state index contributed by atoms with van der Waals surface area (Å²) < 4.78 is 0. The van der Waals surface area contributed by atoms with Gasteiger partial charge in [0.15, 0.2) is 6.17 Å². The molecule has 0 heterocycles.